The molecule has 0 fully saturated rings. The van der Waals surface area contributed by atoms with E-state index in [1.165, 1.54) is 19.2 Å². The summed E-state index contributed by atoms with van der Waals surface area (Å²) in [7, 11) is 1.31. The number of hydrogen-bond acceptors (Lipinski definition) is 5. The zero-order valence-corrected chi connectivity index (χ0v) is 14.6. The van der Waals surface area contributed by atoms with Crippen molar-refractivity contribution in [2.75, 3.05) is 20.2 Å². The summed E-state index contributed by atoms with van der Waals surface area (Å²) in [6, 6.07) is 10.3. The number of methoxy groups -OCH3 is 1. The van der Waals surface area contributed by atoms with E-state index in [1.54, 1.807) is 24.3 Å². The summed E-state index contributed by atoms with van der Waals surface area (Å²) in [5.41, 5.74) is 0.282. The molecule has 0 unspecified atom stereocenters. The van der Waals surface area contributed by atoms with Crippen molar-refractivity contribution in [2.24, 2.45) is 0 Å². The molecule has 0 saturated carbocycles. The topological polar surface area (TPSA) is 111 Å². The van der Waals surface area contributed by atoms with Crippen LogP contribution in [0.3, 0.4) is 0 Å². The van der Waals surface area contributed by atoms with Gasteiger partial charge in [0, 0.05) is 35.3 Å². The van der Waals surface area contributed by atoms with E-state index in [9.17, 15) is 19.7 Å². The van der Waals surface area contributed by atoms with Crippen molar-refractivity contribution in [1.82, 2.24) is 10.6 Å². The van der Waals surface area contributed by atoms with Crippen LogP contribution < -0.4 is 15.4 Å². The van der Waals surface area contributed by atoms with E-state index in [4.69, 9.17) is 16.3 Å². The Labute approximate surface area is 154 Å². The maximum atomic E-state index is 12.1. The minimum Gasteiger partial charge on any atom is -0.490 e. The molecule has 0 radical (unpaired) electrons. The van der Waals surface area contributed by atoms with Crippen LogP contribution in [0.4, 0.5) is 5.69 Å². The fraction of sp³-hybridized carbons (Fsp3) is 0.176. The first-order chi connectivity index (χ1) is 12.4. The summed E-state index contributed by atoms with van der Waals surface area (Å²) in [6.07, 6.45) is 0. The third-order valence-corrected chi connectivity index (χ3v) is 3.69. The summed E-state index contributed by atoms with van der Waals surface area (Å²) < 4.78 is 4.89. The Bertz CT molecular complexity index is 824. The first-order valence-electron chi connectivity index (χ1n) is 7.56. The lowest BCUT2D eigenvalue weighted by molar-refractivity contribution is -0.385. The van der Waals surface area contributed by atoms with Crippen molar-refractivity contribution in [2.45, 2.75) is 0 Å². The molecule has 0 atom stereocenters. The SMILES string of the molecule is COc1ccc(C(=O)NCCNC(=O)c2ccc(Cl)cc2)cc1[N+](=O)[O-]. The molecule has 26 heavy (non-hydrogen) atoms. The van der Waals surface area contributed by atoms with Crippen LogP contribution in [0.2, 0.25) is 5.02 Å². The van der Waals surface area contributed by atoms with Crippen LogP contribution in [0.25, 0.3) is 0 Å². The minimum atomic E-state index is -0.623. The van der Waals surface area contributed by atoms with Crippen LogP contribution in [-0.2, 0) is 0 Å². The molecule has 2 rings (SSSR count). The predicted octanol–water partition coefficient (Wildman–Crippen LogP) is 2.42. The molecule has 9 heteroatoms. The van der Waals surface area contributed by atoms with Gasteiger partial charge in [0.05, 0.1) is 12.0 Å². The molecule has 136 valence electrons. The molecule has 0 aliphatic rings. The van der Waals surface area contributed by atoms with Gasteiger partial charge in [-0.05, 0) is 36.4 Å². The van der Waals surface area contributed by atoms with Gasteiger partial charge in [-0.15, -0.1) is 0 Å². The smallest absolute Gasteiger partial charge is 0.311 e. The largest absolute Gasteiger partial charge is 0.490 e. The number of hydrogen-bond donors (Lipinski definition) is 2. The van der Waals surface area contributed by atoms with Crippen molar-refractivity contribution >= 4 is 29.1 Å². The number of nitrogens with one attached hydrogen (secondary N) is 2. The van der Waals surface area contributed by atoms with Gasteiger partial charge in [0.2, 0.25) is 0 Å². The van der Waals surface area contributed by atoms with Gasteiger partial charge in [-0.2, -0.15) is 0 Å². The van der Waals surface area contributed by atoms with Crippen LogP contribution in [0.5, 0.6) is 5.75 Å². The highest BCUT2D eigenvalue weighted by Crippen LogP contribution is 2.27. The fourth-order valence-electron chi connectivity index (χ4n) is 2.13. The monoisotopic (exact) mass is 377 g/mol. The van der Waals surface area contributed by atoms with Crippen LogP contribution in [0, 0.1) is 10.1 Å². The van der Waals surface area contributed by atoms with Gasteiger partial charge in [-0.25, -0.2) is 0 Å². The quantitative estimate of drug-likeness (QED) is 0.437. The standard InChI is InChI=1S/C17H16ClN3O5/c1-26-15-7-4-12(10-14(15)21(24)25)17(23)20-9-8-19-16(22)11-2-5-13(18)6-3-11/h2-7,10H,8-9H2,1H3,(H,19,22)(H,20,23). The second-order valence-corrected chi connectivity index (χ2v) is 5.60. The Hall–Kier alpha value is -3.13. The lowest BCUT2D eigenvalue weighted by Gasteiger charge is -2.08. The number of amides is 2. The Morgan fingerprint density at radius 1 is 1.04 bits per heavy atom. The van der Waals surface area contributed by atoms with Crippen molar-refractivity contribution in [3.8, 4) is 5.75 Å². The summed E-state index contributed by atoms with van der Waals surface area (Å²) >= 11 is 5.76. The maximum absolute atomic E-state index is 12.1. The van der Waals surface area contributed by atoms with Crippen LogP contribution in [-0.4, -0.2) is 36.9 Å². The van der Waals surface area contributed by atoms with E-state index in [0.29, 0.717) is 10.6 Å². The number of ether oxygens (including phenoxy) is 1. The van der Waals surface area contributed by atoms with Crippen LogP contribution >= 0.6 is 11.6 Å². The molecule has 2 amide bonds. The molecule has 0 aliphatic heterocycles. The van der Waals surface area contributed by atoms with Gasteiger partial charge in [0.15, 0.2) is 5.75 Å². The third-order valence-electron chi connectivity index (χ3n) is 3.44. The number of nitrogens with zero attached hydrogens (tertiary/aromatic N) is 1. The van der Waals surface area contributed by atoms with E-state index in [-0.39, 0.29) is 36.0 Å². The van der Waals surface area contributed by atoms with Crippen molar-refractivity contribution in [1.29, 1.82) is 0 Å². The van der Waals surface area contributed by atoms with Crippen molar-refractivity contribution < 1.29 is 19.2 Å². The average Bonchev–Trinajstić information content (AvgIpc) is 2.64. The van der Waals surface area contributed by atoms with Gasteiger partial charge in [0.25, 0.3) is 11.8 Å². The van der Waals surface area contributed by atoms with Crippen molar-refractivity contribution in [3.63, 3.8) is 0 Å². The van der Waals surface area contributed by atoms with E-state index in [0.717, 1.165) is 6.07 Å². The number of nitro groups is 1. The molecular formula is C17H16ClN3O5. The number of carbonyl (C=O) groups excluding carboxylic acids is 2. The average molecular weight is 378 g/mol. The highest BCUT2D eigenvalue weighted by atomic mass is 35.5. The Morgan fingerprint density at radius 3 is 2.12 bits per heavy atom. The predicted molar refractivity (Wildman–Crippen MR) is 95.8 cm³/mol. The third kappa shape index (κ3) is 4.93. The Kier molecular flexibility index (Phi) is 6.51. The molecule has 0 aliphatic carbocycles. The summed E-state index contributed by atoms with van der Waals surface area (Å²) in [4.78, 5) is 34.3. The minimum absolute atomic E-state index is 0.0711. The lowest BCUT2D eigenvalue weighted by atomic mass is 10.1. The van der Waals surface area contributed by atoms with Gasteiger partial charge >= 0.3 is 5.69 Å². The molecule has 2 aromatic carbocycles. The number of rotatable bonds is 7. The number of nitro benzene ring substituents is 1. The fourth-order valence-corrected chi connectivity index (χ4v) is 2.26. The van der Waals surface area contributed by atoms with E-state index in [1.807, 2.05) is 0 Å². The van der Waals surface area contributed by atoms with E-state index >= 15 is 0 Å². The first-order valence-corrected chi connectivity index (χ1v) is 7.94. The van der Waals surface area contributed by atoms with Gasteiger partial charge in [0.1, 0.15) is 0 Å². The lowest BCUT2D eigenvalue weighted by Crippen LogP contribution is -2.34. The molecule has 0 spiro atoms. The second-order valence-electron chi connectivity index (χ2n) is 5.16. The number of benzene rings is 2. The second kappa shape index (κ2) is 8.82. The molecule has 0 heterocycles. The molecular weight excluding hydrogens is 362 g/mol. The number of carbonyl (C=O) groups is 2. The van der Waals surface area contributed by atoms with E-state index < -0.39 is 10.8 Å². The molecule has 0 bridgehead atoms. The zero-order chi connectivity index (χ0) is 19.1. The highest BCUT2D eigenvalue weighted by molar-refractivity contribution is 6.30. The normalized spacial score (nSPS) is 10.1. The Balaban J connectivity index is 1.87. The molecule has 2 N–H and O–H groups in total. The molecule has 8 nitrogen and oxygen atoms in total. The van der Waals surface area contributed by atoms with Gasteiger partial charge < -0.3 is 15.4 Å². The van der Waals surface area contributed by atoms with Crippen molar-refractivity contribution in [3.05, 3.63) is 68.7 Å². The van der Waals surface area contributed by atoms with Crippen LogP contribution in [0.15, 0.2) is 42.5 Å². The molecule has 2 aromatic rings. The summed E-state index contributed by atoms with van der Waals surface area (Å²) in [5.74, 6) is -0.714. The van der Waals surface area contributed by atoms with Gasteiger partial charge in [-0.1, -0.05) is 11.6 Å². The summed E-state index contributed by atoms with van der Waals surface area (Å²) in [6.45, 7) is 0.365. The summed E-state index contributed by atoms with van der Waals surface area (Å²) in [5, 5.41) is 16.7. The Morgan fingerprint density at radius 2 is 1.58 bits per heavy atom. The van der Waals surface area contributed by atoms with E-state index in [2.05, 4.69) is 10.6 Å². The van der Waals surface area contributed by atoms with Crippen LogP contribution in [0.1, 0.15) is 20.7 Å². The zero-order valence-electron chi connectivity index (χ0n) is 13.8. The van der Waals surface area contributed by atoms with Gasteiger partial charge in [-0.3, -0.25) is 19.7 Å². The first kappa shape index (κ1) is 19.2. The highest BCUT2D eigenvalue weighted by Gasteiger charge is 2.18. The number of halogens is 1. The molecule has 0 saturated heterocycles. The molecule has 0 aromatic heterocycles. The maximum Gasteiger partial charge on any atom is 0.311 e.